The summed E-state index contributed by atoms with van der Waals surface area (Å²) in [5.41, 5.74) is 3.39. The molecule has 0 bridgehead atoms. The highest BCUT2D eigenvalue weighted by Crippen LogP contribution is 2.14. The van der Waals surface area contributed by atoms with Gasteiger partial charge in [-0.3, -0.25) is 4.90 Å². The molecule has 0 aliphatic heterocycles. The fraction of sp³-hybridized carbons (Fsp3) is 0.250. The standard InChI is InChI=1S/C24H26FNO2/c1-19-7-9-20(10-8-19)15-26(16-21-11-13-22(25)14-12-21)17-23(27)18-28-24-5-3-2-4-6-24/h2-14,23,27H,15-18H2,1H3. The molecule has 0 heterocycles. The van der Waals surface area contributed by atoms with Crippen LogP contribution in [0.2, 0.25) is 0 Å². The van der Waals surface area contributed by atoms with Crippen LogP contribution in [0.4, 0.5) is 4.39 Å². The second kappa shape index (κ2) is 10.0. The van der Waals surface area contributed by atoms with Crippen LogP contribution in [0, 0.1) is 12.7 Å². The van der Waals surface area contributed by atoms with Crippen molar-refractivity contribution in [1.29, 1.82) is 0 Å². The van der Waals surface area contributed by atoms with Crippen LogP contribution in [0.5, 0.6) is 5.75 Å². The molecule has 0 saturated carbocycles. The molecule has 0 aromatic heterocycles. The van der Waals surface area contributed by atoms with Gasteiger partial charge in [0.1, 0.15) is 24.3 Å². The van der Waals surface area contributed by atoms with Crippen molar-refractivity contribution in [1.82, 2.24) is 4.90 Å². The lowest BCUT2D eigenvalue weighted by molar-refractivity contribution is 0.0628. The summed E-state index contributed by atoms with van der Waals surface area (Å²) >= 11 is 0. The van der Waals surface area contributed by atoms with E-state index in [1.54, 1.807) is 12.1 Å². The van der Waals surface area contributed by atoms with Gasteiger partial charge in [0.25, 0.3) is 0 Å². The lowest BCUT2D eigenvalue weighted by Crippen LogP contribution is -2.35. The second-order valence-electron chi connectivity index (χ2n) is 7.06. The van der Waals surface area contributed by atoms with Crippen molar-refractivity contribution in [3.8, 4) is 5.75 Å². The van der Waals surface area contributed by atoms with Crippen LogP contribution in [0.1, 0.15) is 16.7 Å². The first-order valence-electron chi connectivity index (χ1n) is 9.47. The number of aryl methyl sites for hydroxylation is 1. The third-order valence-electron chi connectivity index (χ3n) is 4.50. The zero-order chi connectivity index (χ0) is 19.8. The Morgan fingerprint density at radius 1 is 0.857 bits per heavy atom. The molecule has 28 heavy (non-hydrogen) atoms. The highest BCUT2D eigenvalue weighted by atomic mass is 19.1. The molecule has 1 atom stereocenters. The van der Waals surface area contributed by atoms with Crippen LogP contribution >= 0.6 is 0 Å². The predicted molar refractivity (Wildman–Crippen MR) is 110 cm³/mol. The smallest absolute Gasteiger partial charge is 0.123 e. The third kappa shape index (κ3) is 6.48. The highest BCUT2D eigenvalue weighted by molar-refractivity contribution is 5.22. The van der Waals surface area contributed by atoms with Crippen molar-refractivity contribution in [2.75, 3.05) is 13.2 Å². The third-order valence-corrected chi connectivity index (χ3v) is 4.50. The van der Waals surface area contributed by atoms with E-state index in [9.17, 15) is 9.50 Å². The van der Waals surface area contributed by atoms with Gasteiger partial charge in [0, 0.05) is 19.6 Å². The number of aliphatic hydroxyl groups is 1. The van der Waals surface area contributed by atoms with Gasteiger partial charge in [-0.25, -0.2) is 4.39 Å². The zero-order valence-corrected chi connectivity index (χ0v) is 16.1. The molecule has 3 aromatic carbocycles. The Bertz CT molecular complexity index is 787. The summed E-state index contributed by atoms with van der Waals surface area (Å²) in [4.78, 5) is 2.15. The van der Waals surface area contributed by atoms with E-state index in [1.807, 2.05) is 30.3 Å². The molecule has 0 aliphatic rings. The van der Waals surface area contributed by atoms with Crippen molar-refractivity contribution < 1.29 is 14.2 Å². The fourth-order valence-corrected chi connectivity index (χ4v) is 3.04. The minimum absolute atomic E-state index is 0.220. The predicted octanol–water partition coefficient (Wildman–Crippen LogP) is 4.58. The molecule has 0 aliphatic carbocycles. The Labute approximate surface area is 166 Å². The van der Waals surface area contributed by atoms with E-state index in [2.05, 4.69) is 36.1 Å². The van der Waals surface area contributed by atoms with Gasteiger partial charge in [0.05, 0.1) is 0 Å². The number of benzene rings is 3. The number of hydrogen-bond donors (Lipinski definition) is 1. The Balaban J connectivity index is 1.63. The summed E-state index contributed by atoms with van der Waals surface area (Å²) in [5.74, 6) is 0.496. The topological polar surface area (TPSA) is 32.7 Å². The normalized spacial score (nSPS) is 12.1. The van der Waals surface area contributed by atoms with E-state index in [-0.39, 0.29) is 12.4 Å². The summed E-state index contributed by atoms with van der Waals surface area (Å²) in [6, 6.07) is 24.3. The molecule has 3 rings (SSSR count). The van der Waals surface area contributed by atoms with E-state index >= 15 is 0 Å². The number of halogens is 1. The molecule has 0 spiro atoms. The minimum Gasteiger partial charge on any atom is -0.491 e. The van der Waals surface area contributed by atoms with E-state index in [1.165, 1.54) is 23.3 Å². The highest BCUT2D eigenvalue weighted by Gasteiger charge is 2.14. The Morgan fingerprint density at radius 3 is 2.04 bits per heavy atom. The Hall–Kier alpha value is -2.69. The van der Waals surface area contributed by atoms with Gasteiger partial charge < -0.3 is 9.84 Å². The Kier molecular flexibility index (Phi) is 7.18. The first kappa shape index (κ1) is 20.1. The van der Waals surface area contributed by atoms with Gasteiger partial charge in [-0.1, -0.05) is 60.2 Å². The zero-order valence-electron chi connectivity index (χ0n) is 16.1. The average molecular weight is 379 g/mol. The maximum Gasteiger partial charge on any atom is 0.123 e. The van der Waals surface area contributed by atoms with Gasteiger partial charge in [0.2, 0.25) is 0 Å². The molecular weight excluding hydrogens is 353 g/mol. The van der Waals surface area contributed by atoms with E-state index in [0.717, 1.165) is 11.3 Å². The summed E-state index contributed by atoms with van der Waals surface area (Å²) in [7, 11) is 0. The van der Waals surface area contributed by atoms with Gasteiger partial charge in [-0.2, -0.15) is 0 Å². The van der Waals surface area contributed by atoms with Crippen molar-refractivity contribution >= 4 is 0 Å². The number of para-hydroxylation sites is 1. The molecule has 0 fully saturated rings. The van der Waals surface area contributed by atoms with Crippen molar-refractivity contribution in [2.24, 2.45) is 0 Å². The van der Waals surface area contributed by atoms with Crippen LogP contribution in [0.3, 0.4) is 0 Å². The average Bonchev–Trinajstić information content (AvgIpc) is 2.71. The van der Waals surface area contributed by atoms with Crippen molar-refractivity contribution in [3.63, 3.8) is 0 Å². The molecule has 0 amide bonds. The number of aliphatic hydroxyl groups excluding tert-OH is 1. The summed E-state index contributed by atoms with van der Waals surface area (Å²) in [5, 5.41) is 10.5. The monoisotopic (exact) mass is 379 g/mol. The number of rotatable bonds is 9. The molecule has 0 radical (unpaired) electrons. The van der Waals surface area contributed by atoms with E-state index in [4.69, 9.17) is 4.74 Å². The first-order valence-corrected chi connectivity index (χ1v) is 9.47. The van der Waals surface area contributed by atoms with E-state index < -0.39 is 6.10 Å². The molecule has 3 nitrogen and oxygen atoms in total. The van der Waals surface area contributed by atoms with Crippen LogP contribution in [-0.2, 0) is 13.1 Å². The second-order valence-corrected chi connectivity index (χ2v) is 7.06. The van der Waals surface area contributed by atoms with Crippen LogP contribution in [0.25, 0.3) is 0 Å². The quantitative estimate of drug-likeness (QED) is 0.591. The van der Waals surface area contributed by atoms with Gasteiger partial charge in [0.15, 0.2) is 0 Å². The van der Waals surface area contributed by atoms with Crippen LogP contribution in [-0.4, -0.2) is 29.3 Å². The van der Waals surface area contributed by atoms with Crippen molar-refractivity contribution in [3.05, 3.63) is 101 Å². The Morgan fingerprint density at radius 2 is 1.43 bits per heavy atom. The number of ether oxygens (including phenoxy) is 1. The molecule has 1 unspecified atom stereocenters. The maximum atomic E-state index is 13.2. The largest absolute Gasteiger partial charge is 0.491 e. The maximum absolute atomic E-state index is 13.2. The van der Waals surface area contributed by atoms with Gasteiger partial charge in [-0.15, -0.1) is 0 Å². The first-order chi connectivity index (χ1) is 13.6. The van der Waals surface area contributed by atoms with E-state index in [0.29, 0.717) is 19.6 Å². The fourth-order valence-electron chi connectivity index (χ4n) is 3.04. The van der Waals surface area contributed by atoms with Crippen molar-refractivity contribution in [2.45, 2.75) is 26.1 Å². The molecular formula is C24H26FNO2. The number of nitrogens with zero attached hydrogens (tertiary/aromatic N) is 1. The number of hydrogen-bond acceptors (Lipinski definition) is 3. The summed E-state index contributed by atoms with van der Waals surface area (Å²) in [6.45, 7) is 4.05. The van der Waals surface area contributed by atoms with Crippen LogP contribution < -0.4 is 4.74 Å². The molecule has 3 aromatic rings. The lowest BCUT2D eigenvalue weighted by Gasteiger charge is -2.25. The molecule has 146 valence electrons. The summed E-state index contributed by atoms with van der Waals surface area (Å²) < 4.78 is 18.9. The van der Waals surface area contributed by atoms with Crippen LogP contribution in [0.15, 0.2) is 78.9 Å². The SMILES string of the molecule is Cc1ccc(CN(Cc2ccc(F)cc2)CC(O)COc2ccccc2)cc1. The molecule has 0 saturated heterocycles. The minimum atomic E-state index is -0.633. The lowest BCUT2D eigenvalue weighted by atomic mass is 10.1. The van der Waals surface area contributed by atoms with Gasteiger partial charge >= 0.3 is 0 Å². The van der Waals surface area contributed by atoms with Gasteiger partial charge in [-0.05, 0) is 42.3 Å². The summed E-state index contributed by atoms with van der Waals surface area (Å²) in [6.07, 6.45) is -0.633. The molecule has 1 N–H and O–H groups in total. The molecule has 4 heteroatoms.